The van der Waals surface area contributed by atoms with E-state index in [1.54, 1.807) is 36.0 Å². The summed E-state index contributed by atoms with van der Waals surface area (Å²) in [6, 6.07) is 6.30. The molecule has 1 N–H and O–H groups in total. The maximum absolute atomic E-state index is 12.5. The minimum absolute atomic E-state index is 0.0362. The summed E-state index contributed by atoms with van der Waals surface area (Å²) in [6.07, 6.45) is 1.69. The average molecular weight is 386 g/mol. The van der Waals surface area contributed by atoms with E-state index in [-0.39, 0.29) is 14.1 Å². The van der Waals surface area contributed by atoms with Crippen LogP contribution < -0.4 is 5.49 Å². The molecule has 0 spiro atoms. The number of carbonyl (C=O) groups is 1. The zero-order chi connectivity index (χ0) is 17.6. The van der Waals surface area contributed by atoms with Gasteiger partial charge in [-0.25, -0.2) is 8.42 Å². The average Bonchev–Trinajstić information content (AvgIpc) is 2.91. The number of aryl methyl sites for hydroxylation is 1. The Labute approximate surface area is 146 Å². The van der Waals surface area contributed by atoms with Gasteiger partial charge in [-0.05, 0) is 18.2 Å². The number of hydrogen-bond donors (Lipinski definition) is 1. The smallest absolute Gasteiger partial charge is 0.300 e. The molecule has 2 aromatic heterocycles. The van der Waals surface area contributed by atoms with Crippen LogP contribution in [0.15, 0.2) is 46.0 Å². The van der Waals surface area contributed by atoms with E-state index in [4.69, 9.17) is 11.6 Å². The van der Waals surface area contributed by atoms with Gasteiger partial charge in [0.15, 0.2) is 11.5 Å². The molecule has 126 valence electrons. The summed E-state index contributed by atoms with van der Waals surface area (Å²) in [5, 5.41) is 10.4. The van der Waals surface area contributed by atoms with Crippen molar-refractivity contribution in [2.24, 2.45) is 12.0 Å². The van der Waals surface area contributed by atoms with Crippen molar-refractivity contribution in [1.82, 2.24) is 8.87 Å². The SMILES string of the molecule is CN1C(C(=O)N=c2ccccn2C)=C(O)c2sc(Cl)cc2S1(=O)=O. The molecule has 10 heteroatoms. The van der Waals surface area contributed by atoms with Gasteiger partial charge in [0.25, 0.3) is 15.9 Å². The number of aliphatic hydroxyl groups excluding tert-OH is 1. The summed E-state index contributed by atoms with van der Waals surface area (Å²) in [5.74, 6) is -1.32. The van der Waals surface area contributed by atoms with Crippen LogP contribution in [0.2, 0.25) is 4.34 Å². The number of aliphatic hydroxyl groups is 1. The van der Waals surface area contributed by atoms with Crippen molar-refractivity contribution < 1.29 is 18.3 Å². The van der Waals surface area contributed by atoms with Gasteiger partial charge in [0.05, 0.1) is 9.21 Å². The predicted molar refractivity (Wildman–Crippen MR) is 89.8 cm³/mol. The van der Waals surface area contributed by atoms with E-state index >= 15 is 0 Å². The molecule has 0 fully saturated rings. The van der Waals surface area contributed by atoms with E-state index in [0.29, 0.717) is 5.49 Å². The number of likely N-dealkylation sites (N-methyl/N-ethyl adjacent to an activating group) is 1. The van der Waals surface area contributed by atoms with Gasteiger partial charge in [-0.2, -0.15) is 4.99 Å². The molecule has 0 saturated heterocycles. The second-order valence-electron chi connectivity index (χ2n) is 5.00. The number of carbonyl (C=O) groups excluding carboxylic acids is 1. The maximum Gasteiger partial charge on any atom is 0.300 e. The Kier molecular flexibility index (Phi) is 4.02. The lowest BCUT2D eigenvalue weighted by Gasteiger charge is -2.25. The zero-order valence-corrected chi connectivity index (χ0v) is 15.0. The quantitative estimate of drug-likeness (QED) is 0.809. The number of pyridine rings is 1. The van der Waals surface area contributed by atoms with Crippen LogP contribution in [0.3, 0.4) is 0 Å². The van der Waals surface area contributed by atoms with Crippen molar-refractivity contribution in [3.63, 3.8) is 0 Å². The lowest BCUT2D eigenvalue weighted by Crippen LogP contribution is -2.34. The molecule has 0 radical (unpaired) electrons. The molecule has 7 nitrogen and oxygen atoms in total. The summed E-state index contributed by atoms with van der Waals surface area (Å²) in [6.45, 7) is 0. The number of amides is 1. The molecular formula is C14H12ClN3O4S2. The number of rotatable bonds is 1. The highest BCUT2D eigenvalue weighted by atomic mass is 35.5. The summed E-state index contributed by atoms with van der Waals surface area (Å²) >= 11 is 6.75. The molecule has 2 aromatic rings. The Morgan fingerprint density at radius 3 is 2.71 bits per heavy atom. The summed E-state index contributed by atoms with van der Waals surface area (Å²) in [4.78, 5) is 16.3. The first kappa shape index (κ1) is 16.7. The molecule has 0 saturated carbocycles. The fraction of sp³-hybridized carbons (Fsp3) is 0.143. The van der Waals surface area contributed by atoms with Crippen molar-refractivity contribution >= 4 is 44.6 Å². The monoisotopic (exact) mass is 385 g/mol. The Balaban J connectivity index is 2.22. The van der Waals surface area contributed by atoms with Crippen LogP contribution in [-0.4, -0.2) is 35.4 Å². The standard InChI is InChI=1S/C14H12ClN3O4S2/c1-17-6-4-3-5-10(17)16-14(20)11-12(19)13-8(7-9(15)23-13)24(21,22)18(11)2/h3-7,19H,1-2H3. The third kappa shape index (κ3) is 2.54. The lowest BCUT2D eigenvalue weighted by atomic mass is 10.3. The van der Waals surface area contributed by atoms with Crippen molar-refractivity contribution in [2.45, 2.75) is 4.90 Å². The molecule has 3 rings (SSSR count). The number of hydrogen-bond acceptors (Lipinski definition) is 5. The van der Waals surface area contributed by atoms with Gasteiger partial charge < -0.3 is 9.67 Å². The molecule has 0 aromatic carbocycles. The number of fused-ring (bicyclic) bond motifs is 1. The van der Waals surface area contributed by atoms with Crippen LogP contribution in [0.1, 0.15) is 4.88 Å². The number of nitrogens with zero attached hydrogens (tertiary/aromatic N) is 3. The van der Waals surface area contributed by atoms with Gasteiger partial charge in [-0.1, -0.05) is 17.7 Å². The highest BCUT2D eigenvalue weighted by molar-refractivity contribution is 7.89. The fourth-order valence-electron chi connectivity index (χ4n) is 2.25. The van der Waals surface area contributed by atoms with Gasteiger partial charge in [-0.3, -0.25) is 9.10 Å². The van der Waals surface area contributed by atoms with Crippen molar-refractivity contribution in [3.8, 4) is 0 Å². The number of aromatic nitrogens is 1. The zero-order valence-electron chi connectivity index (χ0n) is 12.6. The van der Waals surface area contributed by atoms with Gasteiger partial charge in [-0.15, -0.1) is 11.3 Å². The molecule has 0 atom stereocenters. The van der Waals surface area contributed by atoms with Gasteiger partial charge in [0, 0.05) is 20.3 Å². The topological polar surface area (TPSA) is 92.0 Å². The highest BCUT2D eigenvalue weighted by Gasteiger charge is 2.39. The van der Waals surface area contributed by atoms with Gasteiger partial charge in [0.2, 0.25) is 0 Å². The molecule has 1 aliphatic heterocycles. The van der Waals surface area contributed by atoms with Gasteiger partial charge >= 0.3 is 0 Å². The Hall–Kier alpha value is -2.10. The van der Waals surface area contributed by atoms with E-state index in [2.05, 4.69) is 4.99 Å². The van der Waals surface area contributed by atoms with Crippen LogP contribution in [0.5, 0.6) is 0 Å². The number of thiophene rings is 1. The molecule has 1 aliphatic rings. The highest BCUT2D eigenvalue weighted by Crippen LogP contribution is 2.41. The van der Waals surface area contributed by atoms with Crippen LogP contribution in [0, 0.1) is 0 Å². The van der Waals surface area contributed by atoms with Gasteiger partial charge in [0.1, 0.15) is 10.4 Å². The van der Waals surface area contributed by atoms with Crippen molar-refractivity contribution in [1.29, 1.82) is 0 Å². The van der Waals surface area contributed by atoms with E-state index in [1.807, 2.05) is 0 Å². The summed E-state index contributed by atoms with van der Waals surface area (Å²) in [7, 11) is -1.09. The van der Waals surface area contributed by atoms with Crippen molar-refractivity contribution in [2.75, 3.05) is 7.05 Å². The molecule has 0 bridgehead atoms. The number of halogens is 1. The van der Waals surface area contributed by atoms with Crippen LogP contribution in [0.25, 0.3) is 5.76 Å². The summed E-state index contributed by atoms with van der Waals surface area (Å²) < 4.78 is 27.6. The van der Waals surface area contributed by atoms with E-state index in [1.165, 1.54) is 13.1 Å². The number of sulfonamides is 1. The van der Waals surface area contributed by atoms with Crippen molar-refractivity contribution in [3.05, 3.63) is 50.9 Å². The normalized spacial score (nSPS) is 17.1. The molecule has 3 heterocycles. The molecule has 0 unspecified atom stereocenters. The Morgan fingerprint density at radius 2 is 2.04 bits per heavy atom. The third-order valence-corrected chi connectivity index (χ3v) is 6.69. The molecule has 24 heavy (non-hydrogen) atoms. The van der Waals surface area contributed by atoms with E-state index in [9.17, 15) is 18.3 Å². The molecule has 0 aliphatic carbocycles. The first-order valence-corrected chi connectivity index (χ1v) is 9.29. The minimum Gasteiger partial charge on any atom is -0.504 e. The summed E-state index contributed by atoms with van der Waals surface area (Å²) in [5.41, 5.74) is -0.0894. The van der Waals surface area contributed by atoms with Crippen LogP contribution >= 0.6 is 22.9 Å². The largest absolute Gasteiger partial charge is 0.504 e. The Morgan fingerprint density at radius 1 is 1.33 bits per heavy atom. The molecular weight excluding hydrogens is 374 g/mol. The molecule has 1 amide bonds. The second kappa shape index (κ2) is 5.76. The van der Waals surface area contributed by atoms with E-state index in [0.717, 1.165) is 15.6 Å². The maximum atomic E-state index is 12.5. The fourth-order valence-corrected chi connectivity index (χ4v) is 5.19. The third-order valence-electron chi connectivity index (χ3n) is 3.51. The van der Waals surface area contributed by atoms with Crippen LogP contribution in [-0.2, 0) is 21.9 Å². The minimum atomic E-state index is -3.98. The first-order valence-electron chi connectivity index (χ1n) is 6.66. The lowest BCUT2D eigenvalue weighted by molar-refractivity contribution is -0.115. The second-order valence-corrected chi connectivity index (χ2v) is 8.62. The Bertz CT molecular complexity index is 1050. The van der Waals surface area contributed by atoms with Crippen LogP contribution in [0.4, 0.5) is 0 Å². The first-order chi connectivity index (χ1) is 11.2. The van der Waals surface area contributed by atoms with E-state index < -0.39 is 27.4 Å². The predicted octanol–water partition coefficient (Wildman–Crippen LogP) is 1.73.